The van der Waals surface area contributed by atoms with Crippen molar-refractivity contribution in [2.24, 2.45) is 0 Å². The zero-order valence-electron chi connectivity index (χ0n) is 17.1. The summed E-state index contributed by atoms with van der Waals surface area (Å²) in [4.78, 5) is 18.9. The lowest BCUT2D eigenvalue weighted by atomic mass is 9.93. The van der Waals surface area contributed by atoms with E-state index in [9.17, 15) is 4.79 Å². The summed E-state index contributed by atoms with van der Waals surface area (Å²) in [6, 6.07) is 12.1. The van der Waals surface area contributed by atoms with Gasteiger partial charge in [0.25, 0.3) is 5.91 Å². The number of nitrogens with zero attached hydrogens (tertiary/aromatic N) is 2. The fourth-order valence-electron chi connectivity index (χ4n) is 3.71. The molecule has 1 amide bonds. The fourth-order valence-corrected chi connectivity index (χ4v) is 3.71. The van der Waals surface area contributed by atoms with Gasteiger partial charge < -0.3 is 9.64 Å². The van der Waals surface area contributed by atoms with Gasteiger partial charge in [0.1, 0.15) is 5.75 Å². The van der Waals surface area contributed by atoms with Crippen LogP contribution in [0.15, 0.2) is 48.8 Å². The minimum Gasteiger partial charge on any atom is -0.478 e. The Kier molecular flexibility index (Phi) is 6.50. The molecular formula is C24H30N2O2. The predicted octanol–water partition coefficient (Wildman–Crippen LogP) is 5.20. The lowest BCUT2D eigenvalue weighted by Gasteiger charge is -2.36. The average molecular weight is 379 g/mol. The van der Waals surface area contributed by atoms with Crippen molar-refractivity contribution in [2.75, 3.05) is 7.05 Å². The summed E-state index contributed by atoms with van der Waals surface area (Å²) >= 11 is 0. The molecule has 1 fully saturated rings. The summed E-state index contributed by atoms with van der Waals surface area (Å²) in [5.41, 5.74) is 1.29. The first kappa shape index (κ1) is 20.1. The molecule has 1 heterocycles. The molecule has 1 aliphatic rings. The van der Waals surface area contributed by atoms with Gasteiger partial charge in [0.2, 0.25) is 0 Å². The van der Waals surface area contributed by atoms with Gasteiger partial charge in [-0.05, 0) is 62.1 Å². The normalized spacial score (nSPS) is 15.5. The van der Waals surface area contributed by atoms with Crippen LogP contribution in [0.2, 0.25) is 0 Å². The molecule has 0 radical (unpaired) electrons. The SMILES string of the molecule is CN(C(=O)C(C)(C)Oc1ccc(/C=C/c2ccncc2)cc1)C1CCCCC1. The third-order valence-electron chi connectivity index (χ3n) is 5.39. The van der Waals surface area contributed by atoms with Crippen LogP contribution in [-0.4, -0.2) is 34.5 Å². The van der Waals surface area contributed by atoms with Gasteiger partial charge in [-0.15, -0.1) is 0 Å². The maximum atomic E-state index is 13.0. The summed E-state index contributed by atoms with van der Waals surface area (Å²) in [7, 11) is 1.91. The number of benzene rings is 1. The first-order chi connectivity index (χ1) is 13.5. The molecule has 1 aliphatic carbocycles. The molecule has 3 rings (SSSR count). The van der Waals surface area contributed by atoms with Gasteiger partial charge in [0, 0.05) is 25.5 Å². The molecule has 0 saturated heterocycles. The molecule has 0 bridgehead atoms. The molecule has 1 aromatic heterocycles. The molecule has 28 heavy (non-hydrogen) atoms. The number of aromatic nitrogens is 1. The van der Waals surface area contributed by atoms with Crippen LogP contribution in [0.1, 0.15) is 57.1 Å². The Hall–Kier alpha value is -2.62. The second kappa shape index (κ2) is 9.05. The quantitative estimate of drug-likeness (QED) is 0.694. The standard InChI is InChI=1S/C24H30N2O2/c1-24(2,23(27)26(3)21-7-5-4-6-8-21)28-22-13-11-19(12-14-22)9-10-20-15-17-25-18-16-20/h9-18,21H,4-8H2,1-3H3/b10-9+. The Morgan fingerprint density at radius 3 is 2.18 bits per heavy atom. The second-order valence-corrected chi connectivity index (χ2v) is 8.00. The van der Waals surface area contributed by atoms with E-state index in [0.717, 1.165) is 24.0 Å². The smallest absolute Gasteiger partial charge is 0.266 e. The number of likely N-dealkylation sites (N-methyl/N-ethyl adjacent to an activating group) is 1. The van der Waals surface area contributed by atoms with Crippen LogP contribution in [0.3, 0.4) is 0 Å². The Morgan fingerprint density at radius 1 is 1.00 bits per heavy atom. The van der Waals surface area contributed by atoms with E-state index in [1.54, 1.807) is 12.4 Å². The molecule has 2 aromatic rings. The van der Waals surface area contributed by atoms with Crippen LogP contribution in [0.25, 0.3) is 12.2 Å². The summed E-state index contributed by atoms with van der Waals surface area (Å²) in [6.07, 6.45) is 13.5. The molecule has 1 aromatic carbocycles. The summed E-state index contributed by atoms with van der Waals surface area (Å²) in [5, 5.41) is 0. The van der Waals surface area contributed by atoms with E-state index in [-0.39, 0.29) is 5.91 Å². The van der Waals surface area contributed by atoms with Crippen molar-refractivity contribution in [1.82, 2.24) is 9.88 Å². The second-order valence-electron chi connectivity index (χ2n) is 8.00. The van der Waals surface area contributed by atoms with Crippen LogP contribution in [-0.2, 0) is 4.79 Å². The van der Waals surface area contributed by atoms with Crippen molar-refractivity contribution in [3.05, 3.63) is 59.9 Å². The van der Waals surface area contributed by atoms with Crippen molar-refractivity contribution < 1.29 is 9.53 Å². The number of rotatable bonds is 6. The van der Waals surface area contributed by atoms with Crippen LogP contribution in [0.5, 0.6) is 5.75 Å². The first-order valence-electron chi connectivity index (χ1n) is 10.1. The van der Waals surface area contributed by atoms with Gasteiger partial charge in [-0.2, -0.15) is 0 Å². The zero-order valence-corrected chi connectivity index (χ0v) is 17.1. The minimum atomic E-state index is -0.888. The van der Waals surface area contributed by atoms with Crippen LogP contribution >= 0.6 is 0 Å². The summed E-state index contributed by atoms with van der Waals surface area (Å²) in [6.45, 7) is 3.71. The van der Waals surface area contributed by atoms with E-state index >= 15 is 0 Å². The third kappa shape index (κ3) is 5.22. The van der Waals surface area contributed by atoms with Crippen molar-refractivity contribution in [1.29, 1.82) is 0 Å². The highest BCUT2D eigenvalue weighted by Crippen LogP contribution is 2.26. The molecule has 4 heteroatoms. The zero-order chi connectivity index (χ0) is 20.0. The van der Waals surface area contributed by atoms with Gasteiger partial charge in [-0.1, -0.05) is 43.5 Å². The summed E-state index contributed by atoms with van der Waals surface area (Å²) in [5.74, 6) is 0.748. The van der Waals surface area contributed by atoms with Crippen molar-refractivity contribution in [3.8, 4) is 5.75 Å². The van der Waals surface area contributed by atoms with Crippen molar-refractivity contribution in [2.45, 2.75) is 57.6 Å². The van der Waals surface area contributed by atoms with Gasteiger partial charge in [0.15, 0.2) is 5.60 Å². The number of hydrogen-bond donors (Lipinski definition) is 0. The maximum absolute atomic E-state index is 13.0. The van der Waals surface area contributed by atoms with E-state index in [1.807, 2.05) is 74.3 Å². The Balaban J connectivity index is 1.61. The predicted molar refractivity (Wildman–Crippen MR) is 114 cm³/mol. The molecule has 0 atom stereocenters. The van der Waals surface area contributed by atoms with E-state index < -0.39 is 5.60 Å². The lowest BCUT2D eigenvalue weighted by molar-refractivity contribution is -0.146. The largest absolute Gasteiger partial charge is 0.478 e. The number of carbonyl (C=O) groups is 1. The van der Waals surface area contributed by atoms with Gasteiger partial charge in [0.05, 0.1) is 0 Å². The topological polar surface area (TPSA) is 42.4 Å². The van der Waals surface area contributed by atoms with Crippen LogP contribution in [0.4, 0.5) is 0 Å². The monoisotopic (exact) mass is 378 g/mol. The highest BCUT2D eigenvalue weighted by Gasteiger charge is 2.35. The van der Waals surface area contributed by atoms with Gasteiger partial charge in [-0.3, -0.25) is 9.78 Å². The number of pyridine rings is 1. The van der Waals surface area contributed by atoms with E-state index in [0.29, 0.717) is 11.8 Å². The Morgan fingerprint density at radius 2 is 1.57 bits per heavy atom. The van der Waals surface area contributed by atoms with E-state index in [1.165, 1.54) is 19.3 Å². The molecular weight excluding hydrogens is 348 g/mol. The molecule has 148 valence electrons. The Labute approximate surface area is 168 Å². The van der Waals surface area contributed by atoms with E-state index in [2.05, 4.69) is 4.98 Å². The van der Waals surface area contributed by atoms with Gasteiger partial charge >= 0.3 is 0 Å². The number of ether oxygens (including phenoxy) is 1. The number of hydrogen-bond acceptors (Lipinski definition) is 3. The highest BCUT2D eigenvalue weighted by molar-refractivity contribution is 5.85. The molecule has 0 aliphatic heterocycles. The molecule has 0 unspecified atom stereocenters. The number of carbonyl (C=O) groups excluding carboxylic acids is 1. The van der Waals surface area contributed by atoms with Crippen LogP contribution < -0.4 is 4.74 Å². The summed E-state index contributed by atoms with van der Waals surface area (Å²) < 4.78 is 6.07. The number of amides is 1. The van der Waals surface area contributed by atoms with Crippen LogP contribution in [0, 0.1) is 0 Å². The van der Waals surface area contributed by atoms with E-state index in [4.69, 9.17) is 4.74 Å². The molecule has 0 N–H and O–H groups in total. The highest BCUT2D eigenvalue weighted by atomic mass is 16.5. The van der Waals surface area contributed by atoms with Gasteiger partial charge in [-0.25, -0.2) is 0 Å². The third-order valence-corrected chi connectivity index (χ3v) is 5.39. The molecule has 4 nitrogen and oxygen atoms in total. The molecule has 1 saturated carbocycles. The van der Waals surface area contributed by atoms with Crippen molar-refractivity contribution in [3.63, 3.8) is 0 Å². The minimum absolute atomic E-state index is 0.0426. The van der Waals surface area contributed by atoms with Crippen molar-refractivity contribution >= 4 is 18.1 Å². The maximum Gasteiger partial charge on any atom is 0.266 e. The average Bonchev–Trinajstić information content (AvgIpc) is 2.73. The lowest BCUT2D eigenvalue weighted by Crippen LogP contribution is -2.51. The fraction of sp³-hybridized carbons (Fsp3) is 0.417. The first-order valence-corrected chi connectivity index (χ1v) is 10.1. The molecule has 0 spiro atoms. The Bertz CT molecular complexity index is 791.